The van der Waals surface area contributed by atoms with Crippen LogP contribution in [-0.2, 0) is 12.8 Å². The predicted molar refractivity (Wildman–Crippen MR) is 78.3 cm³/mol. The molecule has 0 radical (unpaired) electrons. The topological polar surface area (TPSA) is 65.8 Å². The smallest absolute Gasteiger partial charge is 0.257 e. The van der Waals surface area contributed by atoms with Gasteiger partial charge in [-0.25, -0.2) is 0 Å². The van der Waals surface area contributed by atoms with E-state index in [0.29, 0.717) is 21.2 Å². The normalized spacial score (nSPS) is 12.8. The number of fused-ring (bicyclic) bond motifs is 1. The van der Waals surface area contributed by atoms with Crippen molar-refractivity contribution in [3.8, 4) is 6.07 Å². The molecule has 0 saturated carbocycles. The predicted octanol–water partition coefficient (Wildman–Crippen LogP) is 3.41. The summed E-state index contributed by atoms with van der Waals surface area (Å²) < 4.78 is 0. The van der Waals surface area contributed by atoms with E-state index in [1.807, 2.05) is 0 Å². The molecule has 0 saturated heterocycles. The number of aromatic nitrogens is 1. The third-order valence-electron chi connectivity index (χ3n) is 3.28. The Morgan fingerprint density at radius 2 is 2.35 bits per heavy atom. The molecule has 0 unspecified atom stereocenters. The molecule has 0 bridgehead atoms. The van der Waals surface area contributed by atoms with E-state index < -0.39 is 0 Å². The number of thiophene rings is 1. The Kier molecular flexibility index (Phi) is 3.43. The highest BCUT2D eigenvalue weighted by Crippen LogP contribution is 2.38. The van der Waals surface area contributed by atoms with E-state index in [2.05, 4.69) is 16.4 Å². The first-order valence-electron chi connectivity index (χ1n) is 6.16. The number of aryl methyl sites for hydroxylation is 1. The van der Waals surface area contributed by atoms with Gasteiger partial charge in [-0.3, -0.25) is 9.78 Å². The number of carbonyl (C=O) groups excluding carboxylic acids is 1. The number of hydrogen-bond acceptors (Lipinski definition) is 4. The van der Waals surface area contributed by atoms with Gasteiger partial charge in [-0.05, 0) is 30.9 Å². The zero-order valence-corrected chi connectivity index (χ0v) is 12.0. The quantitative estimate of drug-likeness (QED) is 0.924. The SMILES string of the molecule is N#Cc1c(NC(=O)c2ccncc2Cl)sc2c1CCC2. The number of nitriles is 1. The first-order chi connectivity index (χ1) is 9.70. The molecule has 3 rings (SSSR count). The molecule has 0 fully saturated rings. The van der Waals surface area contributed by atoms with E-state index in [1.54, 1.807) is 6.07 Å². The molecule has 0 aromatic carbocycles. The lowest BCUT2D eigenvalue weighted by molar-refractivity contribution is 0.102. The summed E-state index contributed by atoms with van der Waals surface area (Å²) in [6.07, 6.45) is 5.93. The highest BCUT2D eigenvalue weighted by molar-refractivity contribution is 7.16. The number of nitrogens with one attached hydrogen (secondary N) is 1. The summed E-state index contributed by atoms with van der Waals surface area (Å²) in [6, 6.07) is 3.76. The van der Waals surface area contributed by atoms with Crippen molar-refractivity contribution in [1.29, 1.82) is 5.26 Å². The number of pyridine rings is 1. The minimum atomic E-state index is -0.311. The molecule has 1 aliphatic rings. The van der Waals surface area contributed by atoms with Crippen molar-refractivity contribution in [2.45, 2.75) is 19.3 Å². The van der Waals surface area contributed by atoms with Crippen molar-refractivity contribution in [3.05, 3.63) is 45.1 Å². The number of anilines is 1. The Hall–Kier alpha value is -1.90. The van der Waals surface area contributed by atoms with Crippen molar-refractivity contribution in [1.82, 2.24) is 4.98 Å². The van der Waals surface area contributed by atoms with E-state index in [1.165, 1.54) is 28.6 Å². The molecule has 1 amide bonds. The van der Waals surface area contributed by atoms with Gasteiger partial charge in [0.15, 0.2) is 0 Å². The van der Waals surface area contributed by atoms with Gasteiger partial charge in [0.25, 0.3) is 5.91 Å². The number of halogens is 1. The molecule has 2 heterocycles. The third kappa shape index (κ3) is 2.17. The first kappa shape index (κ1) is 13.1. The Balaban J connectivity index is 1.91. The van der Waals surface area contributed by atoms with Crippen LogP contribution in [0.3, 0.4) is 0 Å². The van der Waals surface area contributed by atoms with Crippen LogP contribution in [0.1, 0.15) is 32.8 Å². The lowest BCUT2D eigenvalue weighted by Crippen LogP contribution is -2.12. The second-order valence-electron chi connectivity index (χ2n) is 4.48. The van der Waals surface area contributed by atoms with Gasteiger partial charge in [0, 0.05) is 17.3 Å². The van der Waals surface area contributed by atoms with Crippen molar-refractivity contribution < 1.29 is 4.79 Å². The van der Waals surface area contributed by atoms with Gasteiger partial charge in [0.05, 0.1) is 16.1 Å². The summed E-state index contributed by atoms with van der Waals surface area (Å²) in [5, 5.41) is 13.0. The second-order valence-corrected chi connectivity index (χ2v) is 6.00. The fourth-order valence-corrected chi connectivity index (χ4v) is 3.78. The van der Waals surface area contributed by atoms with Gasteiger partial charge in [-0.2, -0.15) is 5.26 Å². The molecule has 0 aliphatic heterocycles. The number of nitrogens with zero attached hydrogens (tertiary/aromatic N) is 2. The van der Waals surface area contributed by atoms with E-state index >= 15 is 0 Å². The Labute approximate surface area is 125 Å². The maximum absolute atomic E-state index is 12.2. The van der Waals surface area contributed by atoms with Crippen molar-refractivity contribution in [3.63, 3.8) is 0 Å². The average molecular weight is 304 g/mol. The lowest BCUT2D eigenvalue weighted by atomic mass is 10.1. The minimum Gasteiger partial charge on any atom is -0.312 e. The molecular weight excluding hydrogens is 294 g/mol. The third-order valence-corrected chi connectivity index (χ3v) is 4.79. The molecule has 2 aromatic heterocycles. The first-order valence-corrected chi connectivity index (χ1v) is 7.35. The van der Waals surface area contributed by atoms with E-state index in [9.17, 15) is 10.1 Å². The maximum Gasteiger partial charge on any atom is 0.257 e. The number of amides is 1. The van der Waals surface area contributed by atoms with E-state index in [4.69, 9.17) is 11.6 Å². The van der Waals surface area contributed by atoms with Crippen LogP contribution in [-0.4, -0.2) is 10.9 Å². The minimum absolute atomic E-state index is 0.299. The summed E-state index contributed by atoms with van der Waals surface area (Å²) in [6.45, 7) is 0. The van der Waals surface area contributed by atoms with E-state index in [0.717, 1.165) is 24.8 Å². The molecule has 100 valence electrons. The Morgan fingerprint density at radius 3 is 3.10 bits per heavy atom. The van der Waals surface area contributed by atoms with Crippen LogP contribution in [0.15, 0.2) is 18.5 Å². The van der Waals surface area contributed by atoms with Crippen molar-refractivity contribution in [2.75, 3.05) is 5.32 Å². The largest absolute Gasteiger partial charge is 0.312 e. The number of hydrogen-bond donors (Lipinski definition) is 1. The second kappa shape index (κ2) is 5.23. The summed E-state index contributed by atoms with van der Waals surface area (Å²) in [4.78, 5) is 17.3. The van der Waals surface area contributed by atoms with Gasteiger partial charge >= 0.3 is 0 Å². The van der Waals surface area contributed by atoms with Gasteiger partial charge in [0.1, 0.15) is 11.1 Å². The van der Waals surface area contributed by atoms with Crippen LogP contribution in [0.25, 0.3) is 0 Å². The Morgan fingerprint density at radius 1 is 1.50 bits per heavy atom. The molecule has 0 spiro atoms. The van der Waals surface area contributed by atoms with Gasteiger partial charge in [-0.15, -0.1) is 11.3 Å². The molecule has 1 N–H and O–H groups in total. The van der Waals surface area contributed by atoms with Gasteiger partial charge in [-0.1, -0.05) is 11.6 Å². The van der Waals surface area contributed by atoms with Crippen molar-refractivity contribution >= 4 is 33.8 Å². The molecule has 20 heavy (non-hydrogen) atoms. The van der Waals surface area contributed by atoms with Crippen LogP contribution in [0.5, 0.6) is 0 Å². The van der Waals surface area contributed by atoms with Gasteiger partial charge in [0.2, 0.25) is 0 Å². The molecule has 1 aliphatic carbocycles. The Bertz CT molecular complexity index is 733. The number of carbonyl (C=O) groups is 1. The van der Waals surface area contributed by atoms with Crippen molar-refractivity contribution in [2.24, 2.45) is 0 Å². The zero-order chi connectivity index (χ0) is 14.1. The summed E-state index contributed by atoms with van der Waals surface area (Å²) in [5.74, 6) is -0.311. The van der Waals surface area contributed by atoms with E-state index in [-0.39, 0.29) is 5.91 Å². The van der Waals surface area contributed by atoms with Crippen LogP contribution >= 0.6 is 22.9 Å². The highest BCUT2D eigenvalue weighted by atomic mass is 35.5. The van der Waals surface area contributed by atoms with Crippen LogP contribution in [0.4, 0.5) is 5.00 Å². The molecule has 2 aromatic rings. The molecular formula is C14H10ClN3OS. The fraction of sp³-hybridized carbons (Fsp3) is 0.214. The fourth-order valence-electron chi connectivity index (χ4n) is 2.34. The molecule has 0 atom stereocenters. The van der Waals surface area contributed by atoms with Crippen LogP contribution < -0.4 is 5.32 Å². The van der Waals surface area contributed by atoms with Gasteiger partial charge < -0.3 is 5.32 Å². The summed E-state index contributed by atoms with van der Waals surface area (Å²) in [7, 11) is 0. The molecule has 4 nitrogen and oxygen atoms in total. The average Bonchev–Trinajstić information content (AvgIpc) is 2.99. The monoisotopic (exact) mass is 303 g/mol. The highest BCUT2D eigenvalue weighted by Gasteiger charge is 2.23. The summed E-state index contributed by atoms with van der Waals surface area (Å²) in [5.41, 5.74) is 2.05. The van der Waals surface area contributed by atoms with Crippen LogP contribution in [0, 0.1) is 11.3 Å². The lowest BCUT2D eigenvalue weighted by Gasteiger charge is -2.05. The molecule has 6 heteroatoms. The zero-order valence-electron chi connectivity index (χ0n) is 10.4. The maximum atomic E-state index is 12.2. The number of rotatable bonds is 2. The van der Waals surface area contributed by atoms with Crippen LogP contribution in [0.2, 0.25) is 5.02 Å². The standard InChI is InChI=1S/C14H10ClN3OS/c15-11-7-17-5-4-9(11)13(19)18-14-10(6-16)8-2-1-3-12(8)20-14/h4-5,7H,1-3H2,(H,18,19). The summed E-state index contributed by atoms with van der Waals surface area (Å²) >= 11 is 7.44.